The Bertz CT molecular complexity index is 566. The summed E-state index contributed by atoms with van der Waals surface area (Å²) in [6, 6.07) is 5.84. The largest absolute Gasteiger partial charge is 0.490 e. The summed E-state index contributed by atoms with van der Waals surface area (Å²) in [4.78, 5) is 3.80. The summed E-state index contributed by atoms with van der Waals surface area (Å²) in [6.45, 7) is 3.98. The monoisotopic (exact) mass is 295 g/mol. The maximum atomic E-state index is 11.8. The van der Waals surface area contributed by atoms with Crippen LogP contribution in [-0.4, -0.2) is 43.0 Å². The van der Waals surface area contributed by atoms with E-state index in [2.05, 4.69) is 15.2 Å². The number of aliphatic hydroxyl groups is 1. The van der Waals surface area contributed by atoms with Crippen LogP contribution < -0.4 is 4.74 Å². The van der Waals surface area contributed by atoms with Crippen LogP contribution in [0.2, 0.25) is 0 Å². The van der Waals surface area contributed by atoms with Gasteiger partial charge in [0.1, 0.15) is 18.7 Å². The predicted molar refractivity (Wildman–Crippen MR) is 75.1 cm³/mol. The normalized spacial score (nSPS) is 13.9. The number of aliphatic hydroxyl groups excluding tert-OH is 1. The van der Waals surface area contributed by atoms with Crippen molar-refractivity contribution >= 4 is 10.8 Å². The lowest BCUT2D eigenvalue weighted by molar-refractivity contribution is 0.124. The van der Waals surface area contributed by atoms with Crippen molar-refractivity contribution in [2.24, 2.45) is 0 Å². The topological polar surface area (TPSA) is 88.1 Å². The van der Waals surface area contributed by atoms with E-state index >= 15 is 0 Å². The Morgan fingerprint density at radius 3 is 2.70 bits per heavy atom. The summed E-state index contributed by atoms with van der Waals surface area (Å²) in [6.07, 6.45) is 0.451. The summed E-state index contributed by atoms with van der Waals surface area (Å²) in [5.74, 6) is 0.817. The second-order valence-electron chi connectivity index (χ2n) is 4.49. The predicted octanol–water partition coefficient (Wildman–Crippen LogP) is 0.969. The zero-order chi connectivity index (χ0) is 14.5. The quantitative estimate of drug-likeness (QED) is 0.829. The molecule has 6 nitrogen and oxygen atoms in total. The maximum Gasteiger partial charge on any atom is 0.214 e. The van der Waals surface area contributed by atoms with E-state index in [1.54, 1.807) is 0 Å². The van der Waals surface area contributed by atoms with Crippen molar-refractivity contribution in [2.45, 2.75) is 25.1 Å². The molecule has 0 fully saturated rings. The molecule has 7 heteroatoms. The first-order valence-electron chi connectivity index (χ1n) is 6.18. The van der Waals surface area contributed by atoms with E-state index in [0.29, 0.717) is 0 Å². The molecule has 0 aliphatic heterocycles. The summed E-state index contributed by atoms with van der Waals surface area (Å²) in [7, 11) is -1.41. The number of nitrogens with one attached hydrogen (secondary N) is 1. The number of aromatic amines is 1. The lowest BCUT2D eigenvalue weighted by Crippen LogP contribution is -2.25. The third-order valence-corrected chi connectivity index (χ3v) is 4.10. The molecule has 0 bridgehead atoms. The number of hydrogen-bond acceptors (Lipinski definition) is 5. The van der Waals surface area contributed by atoms with Crippen molar-refractivity contribution in [3.8, 4) is 5.75 Å². The molecule has 2 N–H and O–H groups in total. The van der Waals surface area contributed by atoms with Crippen molar-refractivity contribution in [3.05, 3.63) is 35.7 Å². The van der Waals surface area contributed by atoms with Gasteiger partial charge in [0.05, 0.1) is 22.7 Å². The average Bonchev–Trinajstić information content (AvgIpc) is 2.92. The van der Waals surface area contributed by atoms with Crippen LogP contribution in [0.4, 0.5) is 0 Å². The van der Waals surface area contributed by atoms with Crippen LogP contribution >= 0.6 is 0 Å². The number of ether oxygens (including phenoxy) is 1. The van der Waals surface area contributed by atoms with Gasteiger partial charge in [0.15, 0.2) is 0 Å². The molecule has 1 aromatic heterocycles. The first-order valence-corrected chi connectivity index (χ1v) is 7.50. The number of para-hydroxylation sites is 1. The van der Waals surface area contributed by atoms with Crippen molar-refractivity contribution in [2.75, 3.05) is 12.4 Å². The van der Waals surface area contributed by atoms with Crippen LogP contribution in [0.3, 0.4) is 0 Å². The van der Waals surface area contributed by atoms with Gasteiger partial charge in [-0.05, 0) is 25.0 Å². The molecule has 0 saturated carbocycles. The lowest BCUT2D eigenvalue weighted by atomic mass is 10.1. The van der Waals surface area contributed by atoms with Crippen LogP contribution in [0.25, 0.3) is 0 Å². The van der Waals surface area contributed by atoms with Crippen LogP contribution in [0.1, 0.15) is 11.1 Å². The van der Waals surface area contributed by atoms with Crippen LogP contribution in [0.5, 0.6) is 5.75 Å². The summed E-state index contributed by atoms with van der Waals surface area (Å²) >= 11 is 0. The van der Waals surface area contributed by atoms with Crippen LogP contribution in [-0.2, 0) is 10.8 Å². The van der Waals surface area contributed by atoms with Gasteiger partial charge < -0.3 is 9.84 Å². The number of rotatable bonds is 6. The van der Waals surface area contributed by atoms with Gasteiger partial charge in [-0.15, -0.1) is 0 Å². The number of aryl methyl sites for hydroxylation is 2. The smallest absolute Gasteiger partial charge is 0.214 e. The Morgan fingerprint density at radius 1 is 1.40 bits per heavy atom. The van der Waals surface area contributed by atoms with Crippen LogP contribution in [0, 0.1) is 13.8 Å². The zero-order valence-electron chi connectivity index (χ0n) is 11.4. The molecule has 108 valence electrons. The van der Waals surface area contributed by atoms with Gasteiger partial charge in [0.2, 0.25) is 5.16 Å². The van der Waals surface area contributed by atoms with Gasteiger partial charge in [0.25, 0.3) is 0 Å². The Kier molecular flexibility index (Phi) is 4.86. The molecule has 2 rings (SSSR count). The molecule has 0 amide bonds. The van der Waals surface area contributed by atoms with Gasteiger partial charge in [-0.1, -0.05) is 18.2 Å². The Hall–Kier alpha value is -1.73. The number of aromatic nitrogens is 3. The standard InChI is InChI=1S/C13H17N3O3S/c1-9-4-3-5-10(2)12(9)19-6-11(17)7-20(18)13-14-8-15-16-13/h3-5,8,11,17H,6-7H2,1-2H3,(H,14,15,16). The molecule has 0 aliphatic rings. The Morgan fingerprint density at radius 2 is 2.10 bits per heavy atom. The zero-order valence-corrected chi connectivity index (χ0v) is 12.2. The highest BCUT2D eigenvalue weighted by Crippen LogP contribution is 2.22. The highest BCUT2D eigenvalue weighted by atomic mass is 32.2. The average molecular weight is 295 g/mol. The molecule has 20 heavy (non-hydrogen) atoms. The maximum absolute atomic E-state index is 11.8. The molecule has 2 unspecified atom stereocenters. The molecule has 0 spiro atoms. The molecular weight excluding hydrogens is 278 g/mol. The van der Waals surface area contributed by atoms with E-state index in [-0.39, 0.29) is 17.5 Å². The third-order valence-electron chi connectivity index (χ3n) is 2.78. The summed E-state index contributed by atoms with van der Waals surface area (Å²) < 4.78 is 17.4. The summed E-state index contributed by atoms with van der Waals surface area (Å²) in [5.41, 5.74) is 2.02. The van der Waals surface area contributed by atoms with Crippen molar-refractivity contribution < 1.29 is 14.1 Å². The molecule has 0 radical (unpaired) electrons. The fraction of sp³-hybridized carbons (Fsp3) is 0.385. The molecule has 0 saturated heterocycles. The van der Waals surface area contributed by atoms with Crippen molar-refractivity contribution in [3.63, 3.8) is 0 Å². The first-order chi connectivity index (χ1) is 9.58. The highest BCUT2D eigenvalue weighted by molar-refractivity contribution is 7.84. The first kappa shape index (κ1) is 14.7. The summed E-state index contributed by atoms with van der Waals surface area (Å²) in [5, 5.41) is 16.3. The van der Waals surface area contributed by atoms with E-state index in [1.807, 2.05) is 32.0 Å². The Labute approximate surface area is 119 Å². The molecule has 0 aliphatic carbocycles. The fourth-order valence-electron chi connectivity index (χ4n) is 1.81. The van der Waals surface area contributed by atoms with Gasteiger partial charge in [-0.3, -0.25) is 9.31 Å². The van der Waals surface area contributed by atoms with Gasteiger partial charge >= 0.3 is 0 Å². The van der Waals surface area contributed by atoms with E-state index < -0.39 is 16.9 Å². The SMILES string of the molecule is Cc1cccc(C)c1OCC(O)CS(=O)c1ncn[nH]1. The molecule has 1 aromatic carbocycles. The number of nitrogens with zero attached hydrogens (tertiary/aromatic N) is 2. The highest BCUT2D eigenvalue weighted by Gasteiger charge is 2.15. The van der Waals surface area contributed by atoms with E-state index in [4.69, 9.17) is 4.74 Å². The minimum Gasteiger partial charge on any atom is -0.490 e. The van der Waals surface area contributed by atoms with Crippen molar-refractivity contribution in [1.82, 2.24) is 15.2 Å². The van der Waals surface area contributed by atoms with E-state index in [1.165, 1.54) is 6.33 Å². The third kappa shape index (κ3) is 3.64. The van der Waals surface area contributed by atoms with Gasteiger partial charge in [-0.2, -0.15) is 5.10 Å². The second-order valence-corrected chi connectivity index (χ2v) is 5.90. The second kappa shape index (κ2) is 6.62. The van der Waals surface area contributed by atoms with E-state index in [9.17, 15) is 9.32 Å². The molecule has 2 atom stereocenters. The number of H-pyrrole nitrogens is 1. The minimum absolute atomic E-state index is 0.0557. The van der Waals surface area contributed by atoms with Crippen LogP contribution in [0.15, 0.2) is 29.7 Å². The lowest BCUT2D eigenvalue weighted by Gasteiger charge is -2.15. The fourth-order valence-corrected chi connectivity index (χ4v) is 2.73. The molecular formula is C13H17N3O3S. The Balaban J connectivity index is 1.89. The molecule has 1 heterocycles. The van der Waals surface area contributed by atoms with Gasteiger partial charge in [0, 0.05) is 0 Å². The van der Waals surface area contributed by atoms with E-state index in [0.717, 1.165) is 16.9 Å². The minimum atomic E-state index is -1.41. The molecule has 2 aromatic rings. The van der Waals surface area contributed by atoms with Gasteiger partial charge in [-0.25, -0.2) is 4.98 Å². The number of benzene rings is 1. The van der Waals surface area contributed by atoms with Crippen molar-refractivity contribution in [1.29, 1.82) is 0 Å². The number of hydrogen-bond donors (Lipinski definition) is 2.